The smallest absolute Gasteiger partial charge is 0.136 e. The molecule has 0 amide bonds. The van der Waals surface area contributed by atoms with Gasteiger partial charge in [0.05, 0.1) is 0 Å². The van der Waals surface area contributed by atoms with Crippen molar-refractivity contribution in [3.8, 4) is 0 Å². The summed E-state index contributed by atoms with van der Waals surface area (Å²) in [7, 11) is 0. The summed E-state index contributed by atoms with van der Waals surface area (Å²) in [5.41, 5.74) is 1.21. The second kappa shape index (κ2) is 1.71. The van der Waals surface area contributed by atoms with Crippen LogP contribution in [0.15, 0.2) is 12.2 Å². The molecule has 0 saturated heterocycles. The zero-order valence-corrected chi connectivity index (χ0v) is 6.26. The van der Waals surface area contributed by atoms with Crippen molar-refractivity contribution in [2.75, 3.05) is 0 Å². The Labute approximate surface area is 61.1 Å². The Morgan fingerprint density at radius 3 is 2.70 bits per heavy atom. The van der Waals surface area contributed by atoms with Crippen LogP contribution in [0.2, 0.25) is 0 Å². The van der Waals surface area contributed by atoms with Crippen LogP contribution in [-0.2, 0) is 4.79 Å². The molecule has 2 rings (SSSR count). The quantitative estimate of drug-likeness (QED) is 0.502. The van der Waals surface area contributed by atoms with Crippen LogP contribution in [0.4, 0.5) is 0 Å². The molecule has 1 nitrogen and oxygen atoms in total. The van der Waals surface area contributed by atoms with E-state index in [1.165, 1.54) is 5.57 Å². The average Bonchev–Trinajstić information content (AvgIpc) is 2.48. The van der Waals surface area contributed by atoms with Crippen LogP contribution in [-0.4, -0.2) is 5.78 Å². The summed E-state index contributed by atoms with van der Waals surface area (Å²) in [5, 5.41) is 0. The second-order valence-electron chi connectivity index (χ2n) is 3.57. The normalized spacial score (nSPS) is 43.3. The van der Waals surface area contributed by atoms with Gasteiger partial charge in [-0.2, -0.15) is 0 Å². The van der Waals surface area contributed by atoms with Gasteiger partial charge in [-0.25, -0.2) is 0 Å². The molecule has 54 valence electrons. The maximum Gasteiger partial charge on any atom is 0.136 e. The molecule has 0 radical (unpaired) electrons. The molecular weight excluding hydrogens is 124 g/mol. The monoisotopic (exact) mass is 136 g/mol. The van der Waals surface area contributed by atoms with E-state index in [4.69, 9.17) is 0 Å². The van der Waals surface area contributed by atoms with Crippen LogP contribution in [0.5, 0.6) is 0 Å². The van der Waals surface area contributed by atoms with Crippen LogP contribution in [0.1, 0.15) is 19.8 Å². The molecule has 3 atom stereocenters. The first-order chi connectivity index (χ1) is 4.72. The van der Waals surface area contributed by atoms with Gasteiger partial charge < -0.3 is 0 Å². The summed E-state index contributed by atoms with van der Waals surface area (Å²) in [6, 6.07) is 0. The van der Waals surface area contributed by atoms with Gasteiger partial charge in [0.25, 0.3) is 0 Å². The van der Waals surface area contributed by atoms with Crippen molar-refractivity contribution < 1.29 is 4.79 Å². The van der Waals surface area contributed by atoms with E-state index >= 15 is 0 Å². The molecule has 1 unspecified atom stereocenters. The van der Waals surface area contributed by atoms with Gasteiger partial charge in [-0.3, -0.25) is 4.79 Å². The summed E-state index contributed by atoms with van der Waals surface area (Å²) in [4.78, 5) is 11.1. The van der Waals surface area contributed by atoms with E-state index in [9.17, 15) is 4.79 Å². The molecule has 2 fully saturated rings. The lowest BCUT2D eigenvalue weighted by Gasteiger charge is -1.98. The highest BCUT2D eigenvalue weighted by Gasteiger charge is 2.57. The Kier molecular flexibility index (Phi) is 1.05. The maximum atomic E-state index is 11.1. The first-order valence-corrected chi connectivity index (χ1v) is 3.90. The number of ketones is 1. The van der Waals surface area contributed by atoms with E-state index in [1.807, 2.05) is 6.92 Å². The molecule has 0 aliphatic heterocycles. The van der Waals surface area contributed by atoms with Crippen LogP contribution >= 0.6 is 0 Å². The average molecular weight is 136 g/mol. The van der Waals surface area contributed by atoms with Crippen LogP contribution in [0.3, 0.4) is 0 Å². The SMILES string of the molecule is C=C(C)C1[C@H]2C(=O)CC[C@@H]12. The van der Waals surface area contributed by atoms with Crippen molar-refractivity contribution in [3.63, 3.8) is 0 Å². The van der Waals surface area contributed by atoms with E-state index in [0.29, 0.717) is 23.5 Å². The van der Waals surface area contributed by atoms with Gasteiger partial charge in [0.2, 0.25) is 0 Å². The Morgan fingerprint density at radius 2 is 2.40 bits per heavy atom. The lowest BCUT2D eigenvalue weighted by molar-refractivity contribution is -0.119. The van der Waals surface area contributed by atoms with E-state index in [2.05, 4.69) is 6.58 Å². The molecule has 0 bridgehead atoms. The van der Waals surface area contributed by atoms with E-state index in [0.717, 1.165) is 12.8 Å². The minimum atomic E-state index is 0.400. The van der Waals surface area contributed by atoms with Gasteiger partial charge in [-0.05, 0) is 25.2 Å². The van der Waals surface area contributed by atoms with Gasteiger partial charge in [0.1, 0.15) is 5.78 Å². The minimum absolute atomic E-state index is 0.400. The second-order valence-corrected chi connectivity index (χ2v) is 3.57. The van der Waals surface area contributed by atoms with E-state index < -0.39 is 0 Å². The number of hydrogen-bond donors (Lipinski definition) is 0. The van der Waals surface area contributed by atoms with Crippen molar-refractivity contribution in [1.29, 1.82) is 0 Å². The fraction of sp³-hybridized carbons (Fsp3) is 0.667. The third kappa shape index (κ3) is 0.606. The van der Waals surface area contributed by atoms with Gasteiger partial charge in [-0.15, -0.1) is 0 Å². The van der Waals surface area contributed by atoms with Crippen molar-refractivity contribution in [2.24, 2.45) is 17.8 Å². The van der Waals surface area contributed by atoms with Gasteiger partial charge in [0, 0.05) is 12.3 Å². The topological polar surface area (TPSA) is 17.1 Å². The Hall–Kier alpha value is -0.590. The lowest BCUT2D eigenvalue weighted by atomic mass is 10.1. The summed E-state index contributed by atoms with van der Waals surface area (Å²) in [5.74, 6) is 2.15. The van der Waals surface area contributed by atoms with Crippen LogP contribution < -0.4 is 0 Å². The predicted octanol–water partition coefficient (Wildman–Crippen LogP) is 1.79. The molecule has 2 aliphatic rings. The standard InChI is InChI=1S/C9H12O/c1-5(2)8-6-3-4-7(10)9(6)8/h6,8-9H,1,3-4H2,2H3/t6-,8?,9+/m0/s1. The number of carbonyl (C=O) groups is 1. The minimum Gasteiger partial charge on any atom is -0.299 e. The van der Waals surface area contributed by atoms with Crippen molar-refractivity contribution in [3.05, 3.63) is 12.2 Å². The van der Waals surface area contributed by atoms with Gasteiger partial charge >= 0.3 is 0 Å². The Balaban J connectivity index is 2.12. The molecule has 2 aliphatic carbocycles. The number of Topliss-reactive ketones (excluding diaryl/α,β-unsaturated/α-hetero) is 1. The number of carbonyl (C=O) groups excluding carboxylic acids is 1. The molecule has 0 spiro atoms. The Bertz CT molecular complexity index is 201. The third-order valence-electron chi connectivity index (χ3n) is 2.83. The zero-order valence-electron chi connectivity index (χ0n) is 6.26. The fourth-order valence-electron chi connectivity index (χ4n) is 2.32. The number of allylic oxidation sites excluding steroid dienone is 1. The molecule has 2 saturated carbocycles. The van der Waals surface area contributed by atoms with Gasteiger partial charge in [0.15, 0.2) is 0 Å². The fourth-order valence-corrected chi connectivity index (χ4v) is 2.32. The number of fused-ring (bicyclic) bond motifs is 1. The van der Waals surface area contributed by atoms with Crippen LogP contribution in [0, 0.1) is 17.8 Å². The highest BCUT2D eigenvalue weighted by atomic mass is 16.1. The molecular formula is C9H12O. The summed E-state index contributed by atoms with van der Waals surface area (Å²) in [6.07, 6.45) is 1.96. The third-order valence-corrected chi connectivity index (χ3v) is 2.83. The molecule has 10 heavy (non-hydrogen) atoms. The Morgan fingerprint density at radius 1 is 1.70 bits per heavy atom. The molecule has 0 heterocycles. The van der Waals surface area contributed by atoms with Crippen molar-refractivity contribution in [1.82, 2.24) is 0 Å². The first-order valence-electron chi connectivity index (χ1n) is 3.90. The molecule has 1 heteroatoms. The van der Waals surface area contributed by atoms with Gasteiger partial charge in [-0.1, -0.05) is 12.2 Å². The van der Waals surface area contributed by atoms with E-state index in [-0.39, 0.29) is 0 Å². The summed E-state index contributed by atoms with van der Waals surface area (Å²) >= 11 is 0. The highest BCUT2D eigenvalue weighted by molar-refractivity contribution is 5.87. The summed E-state index contributed by atoms with van der Waals surface area (Å²) in [6.45, 7) is 5.92. The molecule has 0 aromatic rings. The van der Waals surface area contributed by atoms with E-state index in [1.54, 1.807) is 0 Å². The largest absolute Gasteiger partial charge is 0.299 e. The predicted molar refractivity (Wildman–Crippen MR) is 39.5 cm³/mol. The summed E-state index contributed by atoms with van der Waals surface area (Å²) < 4.78 is 0. The molecule has 0 aromatic heterocycles. The van der Waals surface area contributed by atoms with Crippen LogP contribution in [0.25, 0.3) is 0 Å². The lowest BCUT2D eigenvalue weighted by Crippen LogP contribution is -1.99. The highest BCUT2D eigenvalue weighted by Crippen LogP contribution is 2.58. The van der Waals surface area contributed by atoms with Crippen molar-refractivity contribution >= 4 is 5.78 Å². The molecule has 0 N–H and O–H groups in total. The maximum absolute atomic E-state index is 11.1. The number of hydrogen-bond acceptors (Lipinski definition) is 1. The van der Waals surface area contributed by atoms with Crippen molar-refractivity contribution in [2.45, 2.75) is 19.8 Å². The zero-order chi connectivity index (χ0) is 7.30. The number of rotatable bonds is 1. The first kappa shape index (κ1) is 6.14. The molecule has 0 aromatic carbocycles.